The Labute approximate surface area is 96.6 Å². The summed E-state index contributed by atoms with van der Waals surface area (Å²) < 4.78 is 9.69. The van der Waals surface area contributed by atoms with Crippen LogP contribution in [-0.2, 0) is 19.1 Å². The molecule has 1 rings (SSSR count). The van der Waals surface area contributed by atoms with Crippen molar-refractivity contribution in [3.8, 4) is 0 Å². The van der Waals surface area contributed by atoms with E-state index >= 15 is 0 Å². The summed E-state index contributed by atoms with van der Waals surface area (Å²) >= 11 is 3.11. The minimum atomic E-state index is -0.507. The lowest BCUT2D eigenvalue weighted by Gasteiger charge is -2.12. The molecule has 5 nitrogen and oxygen atoms in total. The Morgan fingerprint density at radius 2 is 2.40 bits per heavy atom. The zero-order chi connectivity index (χ0) is 11.3. The zero-order valence-corrected chi connectivity index (χ0v) is 10.1. The maximum atomic E-state index is 11.5. The minimum absolute atomic E-state index is 0.166. The third kappa shape index (κ3) is 3.79. The highest BCUT2D eigenvalue weighted by atomic mass is 79.9. The van der Waals surface area contributed by atoms with Gasteiger partial charge in [0.2, 0.25) is 5.91 Å². The molecule has 2 unspecified atom stereocenters. The van der Waals surface area contributed by atoms with Gasteiger partial charge in [-0.05, 0) is 12.8 Å². The lowest BCUT2D eigenvalue weighted by Crippen LogP contribution is -2.39. The number of esters is 1. The summed E-state index contributed by atoms with van der Waals surface area (Å²) in [6.07, 6.45) is 1.30. The molecule has 1 N–H and O–H groups in total. The number of amides is 1. The van der Waals surface area contributed by atoms with Crippen molar-refractivity contribution in [2.75, 3.05) is 20.3 Å². The summed E-state index contributed by atoms with van der Waals surface area (Å²) in [7, 11) is 1.30. The third-order valence-electron chi connectivity index (χ3n) is 2.13. The van der Waals surface area contributed by atoms with Gasteiger partial charge in [-0.1, -0.05) is 15.9 Å². The van der Waals surface area contributed by atoms with E-state index in [-0.39, 0.29) is 18.6 Å². The van der Waals surface area contributed by atoms with Gasteiger partial charge in [0.05, 0.1) is 7.11 Å². The van der Waals surface area contributed by atoms with Crippen LogP contribution in [0.25, 0.3) is 0 Å². The highest BCUT2D eigenvalue weighted by Crippen LogP contribution is 2.11. The fourth-order valence-corrected chi connectivity index (χ4v) is 1.65. The lowest BCUT2D eigenvalue weighted by atomic mass is 10.2. The van der Waals surface area contributed by atoms with Gasteiger partial charge in [-0.2, -0.15) is 0 Å². The molecule has 0 aromatic rings. The zero-order valence-electron chi connectivity index (χ0n) is 8.49. The fraction of sp³-hybridized carbons (Fsp3) is 0.778. The van der Waals surface area contributed by atoms with Gasteiger partial charge in [0.25, 0.3) is 0 Å². The predicted molar refractivity (Wildman–Crippen MR) is 56.7 cm³/mol. The maximum Gasteiger partial charge on any atom is 0.321 e. The molecule has 0 radical (unpaired) electrons. The SMILES string of the molecule is COC(=O)C(Br)CNC(=O)C1CCCO1. The molecule has 0 aromatic carbocycles. The van der Waals surface area contributed by atoms with Crippen molar-refractivity contribution < 1.29 is 19.1 Å². The lowest BCUT2D eigenvalue weighted by molar-refractivity contribution is -0.139. The molecule has 0 aliphatic carbocycles. The molecule has 1 fully saturated rings. The molecule has 2 atom stereocenters. The fourth-order valence-electron chi connectivity index (χ4n) is 1.30. The highest BCUT2D eigenvalue weighted by molar-refractivity contribution is 9.10. The van der Waals surface area contributed by atoms with Gasteiger partial charge in [-0.3, -0.25) is 9.59 Å². The number of alkyl halides is 1. The van der Waals surface area contributed by atoms with Crippen LogP contribution in [0.4, 0.5) is 0 Å². The summed E-state index contributed by atoms with van der Waals surface area (Å²) in [6, 6.07) is 0. The van der Waals surface area contributed by atoms with Crippen molar-refractivity contribution in [2.24, 2.45) is 0 Å². The first-order valence-electron chi connectivity index (χ1n) is 4.76. The van der Waals surface area contributed by atoms with E-state index in [0.717, 1.165) is 12.8 Å². The monoisotopic (exact) mass is 279 g/mol. The summed E-state index contributed by atoms with van der Waals surface area (Å²) in [4.78, 5) is 21.9. The molecule has 0 bridgehead atoms. The molecular weight excluding hydrogens is 266 g/mol. The van der Waals surface area contributed by atoms with Crippen molar-refractivity contribution in [1.82, 2.24) is 5.32 Å². The van der Waals surface area contributed by atoms with Gasteiger partial charge >= 0.3 is 5.97 Å². The molecule has 1 amide bonds. The second-order valence-corrected chi connectivity index (χ2v) is 4.34. The average Bonchev–Trinajstić information content (AvgIpc) is 2.77. The molecular formula is C9H14BrNO4. The second-order valence-electron chi connectivity index (χ2n) is 3.24. The van der Waals surface area contributed by atoms with Gasteiger partial charge in [0.1, 0.15) is 10.9 Å². The van der Waals surface area contributed by atoms with Crippen molar-refractivity contribution >= 4 is 27.8 Å². The number of rotatable bonds is 4. The Morgan fingerprint density at radius 3 is 2.93 bits per heavy atom. The quantitative estimate of drug-likeness (QED) is 0.591. The van der Waals surface area contributed by atoms with Crippen LogP contribution in [0.1, 0.15) is 12.8 Å². The number of carbonyl (C=O) groups excluding carboxylic acids is 2. The first kappa shape index (κ1) is 12.4. The van der Waals surface area contributed by atoms with E-state index in [2.05, 4.69) is 26.0 Å². The Hall–Kier alpha value is -0.620. The standard InChI is InChI=1S/C9H14BrNO4/c1-14-9(13)6(10)5-11-8(12)7-3-2-4-15-7/h6-7H,2-5H2,1H3,(H,11,12). The number of hydrogen-bond donors (Lipinski definition) is 1. The van der Waals surface area contributed by atoms with E-state index in [1.165, 1.54) is 7.11 Å². The van der Waals surface area contributed by atoms with E-state index < -0.39 is 10.8 Å². The van der Waals surface area contributed by atoms with E-state index in [9.17, 15) is 9.59 Å². The van der Waals surface area contributed by atoms with Crippen LogP contribution in [0.15, 0.2) is 0 Å². The van der Waals surface area contributed by atoms with Gasteiger partial charge in [-0.25, -0.2) is 0 Å². The van der Waals surface area contributed by atoms with Gasteiger partial charge in [0, 0.05) is 13.2 Å². The van der Waals surface area contributed by atoms with E-state index in [0.29, 0.717) is 6.61 Å². The molecule has 1 saturated heterocycles. The summed E-state index contributed by atoms with van der Waals surface area (Å²) in [5.41, 5.74) is 0. The molecule has 0 aromatic heterocycles. The largest absolute Gasteiger partial charge is 0.468 e. The summed E-state index contributed by atoms with van der Waals surface area (Å²) in [5.74, 6) is -0.566. The Kier molecular flexibility index (Phi) is 5.04. The first-order valence-corrected chi connectivity index (χ1v) is 5.68. The number of ether oxygens (including phenoxy) is 2. The normalized spacial score (nSPS) is 22.1. The molecule has 6 heteroatoms. The molecule has 1 aliphatic rings. The van der Waals surface area contributed by atoms with Crippen LogP contribution in [-0.4, -0.2) is 43.1 Å². The van der Waals surface area contributed by atoms with Gasteiger partial charge < -0.3 is 14.8 Å². The van der Waals surface area contributed by atoms with Gasteiger partial charge in [0.15, 0.2) is 0 Å². The van der Waals surface area contributed by atoms with Crippen LogP contribution >= 0.6 is 15.9 Å². The second kappa shape index (κ2) is 6.07. The van der Waals surface area contributed by atoms with Crippen LogP contribution in [0.3, 0.4) is 0 Å². The highest BCUT2D eigenvalue weighted by Gasteiger charge is 2.24. The van der Waals surface area contributed by atoms with Crippen LogP contribution < -0.4 is 5.32 Å². The number of hydrogen-bond acceptors (Lipinski definition) is 4. The van der Waals surface area contributed by atoms with Crippen LogP contribution in [0.2, 0.25) is 0 Å². The predicted octanol–water partition coefficient (Wildman–Crippen LogP) is 0.218. The average molecular weight is 280 g/mol. The van der Waals surface area contributed by atoms with Gasteiger partial charge in [-0.15, -0.1) is 0 Å². The molecule has 15 heavy (non-hydrogen) atoms. The Morgan fingerprint density at radius 1 is 1.67 bits per heavy atom. The van der Waals surface area contributed by atoms with Crippen LogP contribution in [0.5, 0.6) is 0 Å². The first-order chi connectivity index (χ1) is 7.15. The number of carbonyl (C=O) groups is 2. The Bertz CT molecular complexity index is 240. The maximum absolute atomic E-state index is 11.5. The molecule has 0 saturated carbocycles. The molecule has 86 valence electrons. The van der Waals surface area contributed by atoms with E-state index in [1.807, 2.05) is 0 Å². The summed E-state index contributed by atoms with van der Waals surface area (Å²) in [5, 5.41) is 2.63. The van der Waals surface area contributed by atoms with E-state index in [1.54, 1.807) is 0 Å². The number of halogens is 1. The smallest absolute Gasteiger partial charge is 0.321 e. The molecule has 1 aliphatic heterocycles. The van der Waals surface area contributed by atoms with Crippen molar-refractivity contribution in [3.05, 3.63) is 0 Å². The minimum Gasteiger partial charge on any atom is -0.468 e. The third-order valence-corrected chi connectivity index (χ3v) is 2.83. The topological polar surface area (TPSA) is 64.6 Å². The van der Waals surface area contributed by atoms with Crippen molar-refractivity contribution in [3.63, 3.8) is 0 Å². The van der Waals surface area contributed by atoms with Crippen molar-refractivity contribution in [2.45, 2.75) is 23.8 Å². The van der Waals surface area contributed by atoms with E-state index in [4.69, 9.17) is 4.74 Å². The molecule has 1 heterocycles. The molecule has 0 spiro atoms. The summed E-state index contributed by atoms with van der Waals surface area (Å²) in [6.45, 7) is 0.845. The van der Waals surface area contributed by atoms with Crippen molar-refractivity contribution in [1.29, 1.82) is 0 Å². The Balaban J connectivity index is 2.24. The van der Waals surface area contributed by atoms with Crippen LogP contribution in [0, 0.1) is 0 Å². The number of nitrogens with one attached hydrogen (secondary N) is 1. The number of methoxy groups -OCH3 is 1.